The van der Waals surface area contributed by atoms with Crippen molar-refractivity contribution >= 4 is 17.8 Å². The van der Waals surface area contributed by atoms with Gasteiger partial charge in [0, 0.05) is 30.4 Å². The van der Waals surface area contributed by atoms with Crippen LogP contribution in [0.25, 0.3) is 0 Å². The zero-order chi connectivity index (χ0) is 19.2. The normalized spacial score (nSPS) is 16.3. The van der Waals surface area contributed by atoms with Crippen molar-refractivity contribution in [2.75, 3.05) is 13.7 Å². The number of carbonyl (C=O) groups is 3. The minimum absolute atomic E-state index is 0.0899. The van der Waals surface area contributed by atoms with Crippen LogP contribution in [-0.4, -0.2) is 52.4 Å². The average Bonchev–Trinajstić information content (AvgIpc) is 3.26. The number of hydrogen-bond acceptors (Lipinski definition) is 5. The first-order valence-electron chi connectivity index (χ1n) is 8.56. The summed E-state index contributed by atoms with van der Waals surface area (Å²) in [6.45, 7) is 0.507. The molecule has 0 radical (unpaired) electrons. The molecule has 1 saturated heterocycles. The maximum absolute atomic E-state index is 12.5. The fourth-order valence-corrected chi connectivity index (χ4v) is 2.88. The van der Waals surface area contributed by atoms with Crippen LogP contribution in [0.15, 0.2) is 36.8 Å². The van der Waals surface area contributed by atoms with Crippen LogP contribution in [0, 0.1) is 0 Å². The SMILES string of the molecule is COc1ccccc1CN1C(=O)NC(CC(=O)NCCc2cnc[nH]2)C1=O. The number of methoxy groups -OCH3 is 1. The van der Waals surface area contributed by atoms with E-state index in [-0.39, 0.29) is 18.9 Å². The van der Waals surface area contributed by atoms with Gasteiger partial charge in [-0.3, -0.25) is 14.5 Å². The van der Waals surface area contributed by atoms with Gasteiger partial charge in [-0.2, -0.15) is 0 Å². The van der Waals surface area contributed by atoms with Gasteiger partial charge < -0.3 is 20.4 Å². The lowest BCUT2D eigenvalue weighted by Crippen LogP contribution is -2.37. The number of hydrogen-bond donors (Lipinski definition) is 3. The van der Waals surface area contributed by atoms with Crippen molar-refractivity contribution in [2.24, 2.45) is 0 Å². The van der Waals surface area contributed by atoms with Crippen LogP contribution in [0.1, 0.15) is 17.7 Å². The molecule has 0 aliphatic carbocycles. The van der Waals surface area contributed by atoms with Gasteiger partial charge in [0.05, 0.1) is 26.4 Å². The lowest BCUT2D eigenvalue weighted by Gasteiger charge is -2.15. The standard InChI is InChI=1S/C18H21N5O4/c1-27-15-5-3-2-4-12(15)10-23-17(25)14(22-18(23)26)8-16(24)20-7-6-13-9-19-11-21-13/h2-5,9,11,14H,6-8,10H2,1H3,(H,19,21)(H,20,24)(H,22,26). The second-order valence-electron chi connectivity index (χ2n) is 6.12. The van der Waals surface area contributed by atoms with E-state index in [4.69, 9.17) is 4.74 Å². The lowest BCUT2D eigenvalue weighted by atomic mass is 10.1. The van der Waals surface area contributed by atoms with Crippen LogP contribution in [0.4, 0.5) is 4.79 Å². The van der Waals surface area contributed by atoms with E-state index in [1.807, 2.05) is 6.07 Å². The van der Waals surface area contributed by atoms with Crippen molar-refractivity contribution in [1.82, 2.24) is 25.5 Å². The number of H-pyrrole nitrogens is 1. The highest BCUT2D eigenvalue weighted by molar-refractivity contribution is 6.05. The Morgan fingerprint density at radius 3 is 2.89 bits per heavy atom. The predicted molar refractivity (Wildman–Crippen MR) is 95.8 cm³/mol. The molecule has 1 unspecified atom stereocenters. The number of amides is 4. The molecule has 9 heteroatoms. The molecule has 2 aromatic rings. The van der Waals surface area contributed by atoms with Gasteiger partial charge in [0.15, 0.2) is 0 Å². The second-order valence-corrected chi connectivity index (χ2v) is 6.12. The van der Waals surface area contributed by atoms with Crippen LogP contribution in [-0.2, 0) is 22.6 Å². The van der Waals surface area contributed by atoms with Crippen molar-refractivity contribution in [3.63, 3.8) is 0 Å². The third-order valence-electron chi connectivity index (χ3n) is 4.29. The van der Waals surface area contributed by atoms with Gasteiger partial charge in [-0.15, -0.1) is 0 Å². The monoisotopic (exact) mass is 371 g/mol. The number of urea groups is 1. The van der Waals surface area contributed by atoms with Gasteiger partial charge in [0.25, 0.3) is 5.91 Å². The molecule has 1 fully saturated rings. The third-order valence-corrected chi connectivity index (χ3v) is 4.29. The zero-order valence-corrected chi connectivity index (χ0v) is 14.9. The predicted octanol–water partition coefficient (Wildman–Crippen LogP) is 0.588. The number of ether oxygens (including phenoxy) is 1. The van der Waals surface area contributed by atoms with Gasteiger partial charge in [0.1, 0.15) is 11.8 Å². The number of carbonyl (C=O) groups excluding carboxylic acids is 3. The number of imide groups is 1. The Morgan fingerprint density at radius 1 is 1.33 bits per heavy atom. The average molecular weight is 371 g/mol. The molecule has 0 bridgehead atoms. The number of nitrogens with one attached hydrogen (secondary N) is 3. The van der Waals surface area contributed by atoms with Crippen LogP contribution >= 0.6 is 0 Å². The number of aromatic amines is 1. The van der Waals surface area contributed by atoms with Crippen molar-refractivity contribution in [2.45, 2.75) is 25.4 Å². The Kier molecular flexibility index (Phi) is 5.70. The van der Waals surface area contributed by atoms with E-state index < -0.39 is 18.0 Å². The molecule has 27 heavy (non-hydrogen) atoms. The molecule has 1 aliphatic rings. The summed E-state index contributed by atoms with van der Waals surface area (Å²) in [5.41, 5.74) is 1.62. The molecular weight excluding hydrogens is 350 g/mol. The summed E-state index contributed by atoms with van der Waals surface area (Å²) in [4.78, 5) is 44.7. The van der Waals surface area contributed by atoms with Gasteiger partial charge in [0.2, 0.25) is 5.91 Å². The highest BCUT2D eigenvalue weighted by Crippen LogP contribution is 2.21. The molecule has 0 spiro atoms. The minimum Gasteiger partial charge on any atom is -0.496 e. The number of rotatable bonds is 8. The summed E-state index contributed by atoms with van der Waals surface area (Å²) in [6.07, 6.45) is 3.76. The van der Waals surface area contributed by atoms with Gasteiger partial charge >= 0.3 is 6.03 Å². The van der Waals surface area contributed by atoms with E-state index in [1.54, 1.807) is 30.7 Å². The zero-order valence-electron chi connectivity index (χ0n) is 14.9. The van der Waals surface area contributed by atoms with Crippen LogP contribution in [0.5, 0.6) is 5.75 Å². The largest absolute Gasteiger partial charge is 0.496 e. The van der Waals surface area contributed by atoms with Crippen LogP contribution < -0.4 is 15.4 Å². The Hall–Kier alpha value is -3.36. The first-order valence-corrected chi connectivity index (χ1v) is 8.56. The molecule has 4 amide bonds. The first-order chi connectivity index (χ1) is 13.1. The minimum atomic E-state index is -0.862. The van der Waals surface area contributed by atoms with E-state index in [0.717, 1.165) is 10.6 Å². The quantitative estimate of drug-likeness (QED) is 0.587. The second kappa shape index (κ2) is 8.35. The Balaban J connectivity index is 1.53. The van der Waals surface area contributed by atoms with Crippen LogP contribution in [0.3, 0.4) is 0 Å². The van der Waals surface area contributed by atoms with Crippen LogP contribution in [0.2, 0.25) is 0 Å². The molecule has 3 N–H and O–H groups in total. The van der Waals surface area contributed by atoms with Gasteiger partial charge in [-0.25, -0.2) is 9.78 Å². The molecule has 142 valence electrons. The van der Waals surface area contributed by atoms with E-state index in [1.165, 1.54) is 7.11 Å². The number of aromatic nitrogens is 2. The van der Waals surface area contributed by atoms with Gasteiger partial charge in [-0.05, 0) is 6.07 Å². The summed E-state index contributed by atoms with van der Waals surface area (Å²) in [6, 6.07) is 5.79. The number of para-hydroxylation sites is 1. The van der Waals surface area contributed by atoms with E-state index >= 15 is 0 Å². The van der Waals surface area contributed by atoms with E-state index in [9.17, 15) is 14.4 Å². The van der Waals surface area contributed by atoms with Gasteiger partial charge in [-0.1, -0.05) is 18.2 Å². The van der Waals surface area contributed by atoms with Crippen molar-refractivity contribution in [3.8, 4) is 5.75 Å². The summed E-state index contributed by atoms with van der Waals surface area (Å²) >= 11 is 0. The molecule has 2 heterocycles. The Bertz CT molecular complexity index is 821. The topological polar surface area (TPSA) is 116 Å². The molecule has 1 aliphatic heterocycles. The third kappa shape index (κ3) is 4.43. The van der Waals surface area contributed by atoms with Crippen molar-refractivity contribution in [1.29, 1.82) is 0 Å². The maximum atomic E-state index is 12.5. The molecule has 1 atom stereocenters. The van der Waals surface area contributed by atoms with Crippen molar-refractivity contribution in [3.05, 3.63) is 48.0 Å². The molecule has 9 nitrogen and oxygen atoms in total. The fourth-order valence-electron chi connectivity index (χ4n) is 2.88. The smallest absolute Gasteiger partial charge is 0.325 e. The summed E-state index contributed by atoms with van der Waals surface area (Å²) < 4.78 is 5.25. The molecule has 1 aromatic heterocycles. The number of benzene rings is 1. The first kappa shape index (κ1) is 18.4. The molecule has 1 aromatic carbocycles. The van der Waals surface area contributed by atoms with Crippen molar-refractivity contribution < 1.29 is 19.1 Å². The van der Waals surface area contributed by atoms with E-state index in [0.29, 0.717) is 24.3 Å². The number of imidazole rings is 1. The highest BCUT2D eigenvalue weighted by atomic mass is 16.5. The summed E-state index contributed by atoms with van der Waals surface area (Å²) in [7, 11) is 1.53. The molecular formula is C18H21N5O4. The molecule has 0 saturated carbocycles. The highest BCUT2D eigenvalue weighted by Gasteiger charge is 2.39. The maximum Gasteiger partial charge on any atom is 0.325 e. The summed E-state index contributed by atoms with van der Waals surface area (Å²) in [5.74, 6) is -0.125. The Labute approximate surface area is 156 Å². The molecule has 3 rings (SSSR count). The Morgan fingerprint density at radius 2 is 2.15 bits per heavy atom. The summed E-state index contributed by atoms with van der Waals surface area (Å²) in [5, 5.41) is 5.30. The number of nitrogens with zero attached hydrogens (tertiary/aromatic N) is 2. The lowest BCUT2D eigenvalue weighted by molar-refractivity contribution is -0.131. The van der Waals surface area contributed by atoms with E-state index in [2.05, 4.69) is 20.6 Å². The fraction of sp³-hybridized carbons (Fsp3) is 0.333.